The van der Waals surface area contributed by atoms with Crippen LogP contribution in [0.15, 0.2) is 75.9 Å². The average molecular weight is 823 g/mol. The van der Waals surface area contributed by atoms with Crippen molar-refractivity contribution in [3.05, 3.63) is 75.9 Å². The smallest absolute Gasteiger partial charge is 0.330 e. The largest absolute Gasteiger partial charge is 0.460 e. The predicted octanol–water partition coefficient (Wildman–Crippen LogP) is 3.10. The van der Waals surface area contributed by atoms with Crippen molar-refractivity contribution in [2.75, 3.05) is 73.9 Å². The highest BCUT2D eigenvalue weighted by atomic mass is 17.2. The van der Waals surface area contributed by atoms with Crippen molar-refractivity contribution in [3.8, 4) is 0 Å². The van der Waals surface area contributed by atoms with E-state index >= 15 is 0 Å². The summed E-state index contributed by atoms with van der Waals surface area (Å²) in [7, 11) is 2.56. The van der Waals surface area contributed by atoms with Crippen molar-refractivity contribution in [1.82, 2.24) is 9.80 Å². The first-order valence-electron chi connectivity index (χ1n) is 17.9. The molecule has 1 aliphatic rings. The molecule has 0 radical (unpaired) electrons. The Balaban J connectivity index is 4.09. The number of carbonyl (C=O) groups is 6. The van der Waals surface area contributed by atoms with Crippen LogP contribution in [-0.4, -0.2) is 137 Å². The van der Waals surface area contributed by atoms with Crippen molar-refractivity contribution in [3.63, 3.8) is 0 Å². The Morgan fingerprint density at radius 3 is 1.21 bits per heavy atom. The normalized spacial score (nSPS) is 17.5. The van der Waals surface area contributed by atoms with E-state index in [0.29, 0.717) is 19.3 Å². The fourth-order valence-corrected chi connectivity index (χ4v) is 6.94. The molecule has 2 atom stereocenters. The molecule has 2 unspecified atom stereocenters. The Labute approximate surface area is 339 Å². The first kappa shape index (κ1) is 51.0. The van der Waals surface area contributed by atoms with E-state index in [4.69, 9.17) is 48.0 Å². The molecule has 18 heteroatoms. The minimum Gasteiger partial charge on any atom is -0.460 e. The number of hydrogen-bond donors (Lipinski definition) is 0. The summed E-state index contributed by atoms with van der Waals surface area (Å²) in [5.41, 5.74) is -4.47. The molecule has 1 saturated carbocycles. The van der Waals surface area contributed by atoms with Gasteiger partial charge >= 0.3 is 35.8 Å². The molecule has 0 spiro atoms. The van der Waals surface area contributed by atoms with Gasteiger partial charge in [-0.1, -0.05) is 60.2 Å². The van der Waals surface area contributed by atoms with Gasteiger partial charge in [0.15, 0.2) is 0 Å². The van der Waals surface area contributed by atoms with Gasteiger partial charge in [0.1, 0.15) is 64.2 Å². The van der Waals surface area contributed by atoms with Crippen LogP contribution in [0.5, 0.6) is 0 Å². The molecule has 0 aromatic rings. The van der Waals surface area contributed by atoms with Gasteiger partial charge in [-0.3, -0.25) is 9.80 Å². The minimum atomic E-state index is -1.60. The average Bonchev–Trinajstić information content (AvgIpc) is 3.20. The maximum absolute atomic E-state index is 12.5. The summed E-state index contributed by atoms with van der Waals surface area (Å²) < 4.78 is 33.2. The van der Waals surface area contributed by atoms with Crippen molar-refractivity contribution < 1.29 is 76.7 Å². The van der Waals surface area contributed by atoms with Gasteiger partial charge in [0.2, 0.25) is 0 Å². The van der Waals surface area contributed by atoms with Crippen LogP contribution < -0.4 is 0 Å². The standard InChI is InChI=1S/C40H58N2O16/c1-12-31(43)51-22-39(23-52-32(44)13-2,24-53-33(45)14-3)41(28-57-49-10)21-38(9)19-30(18-37(7,8)20-38)42(29-58-50-11)40(25-54-34(46)15-4,26-55-35(47)16-5)27-56-36(48)17-6/h12-17,30H,1-6,18-29H2,7-11H3. The van der Waals surface area contributed by atoms with Crippen molar-refractivity contribution in [2.45, 2.75) is 57.2 Å². The molecule has 1 aliphatic carbocycles. The van der Waals surface area contributed by atoms with Gasteiger partial charge in [-0.25, -0.2) is 48.3 Å². The molecule has 0 bridgehead atoms. The van der Waals surface area contributed by atoms with Crippen LogP contribution in [0.25, 0.3) is 0 Å². The fraction of sp³-hybridized carbons (Fsp3) is 0.550. The zero-order valence-corrected chi connectivity index (χ0v) is 34.2. The first-order chi connectivity index (χ1) is 27.4. The highest BCUT2D eigenvalue weighted by molar-refractivity contribution is 5.83. The Morgan fingerprint density at radius 1 is 0.552 bits per heavy atom. The van der Waals surface area contributed by atoms with Crippen LogP contribution in [-0.2, 0) is 76.7 Å². The molecule has 1 fully saturated rings. The van der Waals surface area contributed by atoms with Gasteiger partial charge in [0.05, 0.1) is 14.2 Å². The maximum Gasteiger partial charge on any atom is 0.330 e. The van der Waals surface area contributed by atoms with Gasteiger partial charge in [-0.05, 0) is 30.1 Å². The third-order valence-corrected chi connectivity index (χ3v) is 9.25. The van der Waals surface area contributed by atoms with Crippen molar-refractivity contribution >= 4 is 35.8 Å². The number of hydrogen-bond acceptors (Lipinski definition) is 18. The molecule has 0 heterocycles. The Kier molecular flexibility index (Phi) is 21.7. The maximum atomic E-state index is 12.5. The van der Waals surface area contributed by atoms with E-state index < -0.39 is 103 Å². The lowest BCUT2D eigenvalue weighted by molar-refractivity contribution is -0.316. The van der Waals surface area contributed by atoms with Crippen LogP contribution in [0.3, 0.4) is 0 Å². The van der Waals surface area contributed by atoms with Gasteiger partial charge < -0.3 is 28.4 Å². The molecule has 58 heavy (non-hydrogen) atoms. The van der Waals surface area contributed by atoms with E-state index in [9.17, 15) is 28.8 Å². The van der Waals surface area contributed by atoms with Crippen LogP contribution in [0.4, 0.5) is 0 Å². The summed E-state index contributed by atoms with van der Waals surface area (Å²) in [6.45, 7) is 23.3. The quantitative estimate of drug-likeness (QED) is 0.0266. The second-order valence-electron chi connectivity index (χ2n) is 14.5. The van der Waals surface area contributed by atoms with Crippen LogP contribution in [0, 0.1) is 10.8 Å². The molecule has 0 aromatic heterocycles. The van der Waals surface area contributed by atoms with Gasteiger partial charge in [-0.15, -0.1) is 0 Å². The topological polar surface area (TPSA) is 201 Å². The number of carbonyl (C=O) groups excluding carboxylic acids is 6. The summed E-state index contributed by atoms with van der Waals surface area (Å²) in [5.74, 6) is -4.89. The molecule has 0 saturated heterocycles. The molecule has 1 rings (SSSR count). The molecule has 0 amide bonds. The highest BCUT2D eigenvalue weighted by Gasteiger charge is 2.53. The number of rotatable bonds is 29. The third-order valence-electron chi connectivity index (χ3n) is 9.25. The SMILES string of the molecule is C=CC(=O)OCC(COC(=O)C=C)(COC(=O)C=C)N(COOC)CC1(C)CC(N(COOC)C(COC(=O)C=C)(COC(=O)C=C)COC(=O)C=C)CC(C)(C)C1. The van der Waals surface area contributed by atoms with E-state index in [1.807, 2.05) is 20.8 Å². The lowest BCUT2D eigenvalue weighted by Gasteiger charge is -2.55. The number of esters is 6. The highest BCUT2D eigenvalue weighted by Crippen LogP contribution is 2.49. The van der Waals surface area contributed by atoms with Gasteiger partial charge in [0.25, 0.3) is 0 Å². The number of ether oxygens (including phenoxy) is 6. The summed E-state index contributed by atoms with van der Waals surface area (Å²) in [6.07, 6.45) is 6.96. The van der Waals surface area contributed by atoms with Crippen LogP contribution in [0.1, 0.15) is 40.0 Å². The lowest BCUT2D eigenvalue weighted by atomic mass is 9.61. The second kappa shape index (κ2) is 24.7. The Morgan fingerprint density at radius 2 is 0.879 bits per heavy atom. The van der Waals surface area contributed by atoms with Gasteiger partial charge in [-0.2, -0.15) is 0 Å². The summed E-state index contributed by atoms with van der Waals surface area (Å²) in [5, 5.41) is 0. The van der Waals surface area contributed by atoms with E-state index in [2.05, 4.69) is 39.5 Å². The van der Waals surface area contributed by atoms with E-state index in [0.717, 1.165) is 36.5 Å². The Hall–Kier alpha value is -4.98. The molecular weight excluding hydrogens is 764 g/mol. The lowest BCUT2D eigenvalue weighted by Crippen LogP contribution is -2.66. The zero-order valence-electron chi connectivity index (χ0n) is 34.2. The van der Waals surface area contributed by atoms with Gasteiger partial charge in [0, 0.05) is 49.0 Å². The first-order valence-corrected chi connectivity index (χ1v) is 17.9. The molecule has 18 nitrogen and oxygen atoms in total. The molecule has 0 aromatic carbocycles. The second-order valence-corrected chi connectivity index (χ2v) is 14.5. The zero-order chi connectivity index (χ0) is 44.0. The van der Waals surface area contributed by atoms with E-state index in [1.165, 1.54) is 14.2 Å². The van der Waals surface area contributed by atoms with Crippen LogP contribution >= 0.6 is 0 Å². The van der Waals surface area contributed by atoms with Crippen molar-refractivity contribution in [2.24, 2.45) is 10.8 Å². The number of nitrogens with zero attached hydrogens (tertiary/aromatic N) is 2. The van der Waals surface area contributed by atoms with Crippen molar-refractivity contribution in [1.29, 1.82) is 0 Å². The molecule has 0 aliphatic heterocycles. The summed E-state index contributed by atoms with van der Waals surface area (Å²) in [6, 6.07) is -0.549. The fourth-order valence-electron chi connectivity index (χ4n) is 6.94. The monoisotopic (exact) mass is 822 g/mol. The third kappa shape index (κ3) is 16.5. The minimum absolute atomic E-state index is 0.0769. The molecule has 0 N–H and O–H groups in total. The van der Waals surface area contributed by atoms with E-state index in [-0.39, 0.29) is 20.0 Å². The predicted molar refractivity (Wildman–Crippen MR) is 206 cm³/mol. The summed E-state index contributed by atoms with van der Waals surface area (Å²) in [4.78, 5) is 99.3. The Bertz CT molecular complexity index is 1370. The molecular formula is C40H58N2O16. The summed E-state index contributed by atoms with van der Waals surface area (Å²) >= 11 is 0. The molecule has 324 valence electrons. The van der Waals surface area contributed by atoms with Crippen LogP contribution in [0.2, 0.25) is 0 Å². The van der Waals surface area contributed by atoms with E-state index in [1.54, 1.807) is 9.80 Å².